The van der Waals surface area contributed by atoms with Crippen molar-refractivity contribution in [2.24, 2.45) is 5.92 Å². The standard InChI is InChI=1S/C8H9BrS/c1-5-2-6-4-8(9)10-7(6)3-5/h4-5H,2-3H2,1H3. The minimum Gasteiger partial charge on any atom is -0.133 e. The summed E-state index contributed by atoms with van der Waals surface area (Å²) in [7, 11) is 0. The average Bonchev–Trinajstić information content (AvgIpc) is 2.21. The zero-order valence-corrected chi connectivity index (χ0v) is 8.26. The van der Waals surface area contributed by atoms with Gasteiger partial charge in [-0.05, 0) is 46.3 Å². The molecule has 54 valence electrons. The minimum absolute atomic E-state index is 0.884. The zero-order valence-electron chi connectivity index (χ0n) is 5.86. The highest BCUT2D eigenvalue weighted by atomic mass is 79.9. The van der Waals surface area contributed by atoms with Crippen LogP contribution in [0.15, 0.2) is 9.85 Å². The fourth-order valence-corrected chi connectivity index (χ4v) is 3.48. The highest BCUT2D eigenvalue weighted by Crippen LogP contribution is 2.35. The molecule has 2 rings (SSSR count). The van der Waals surface area contributed by atoms with Gasteiger partial charge < -0.3 is 0 Å². The Morgan fingerprint density at radius 1 is 1.60 bits per heavy atom. The second-order valence-electron chi connectivity index (χ2n) is 3.01. The van der Waals surface area contributed by atoms with Crippen molar-refractivity contribution < 1.29 is 0 Å². The van der Waals surface area contributed by atoms with Crippen molar-refractivity contribution in [2.75, 3.05) is 0 Å². The first-order valence-electron chi connectivity index (χ1n) is 3.53. The van der Waals surface area contributed by atoms with E-state index >= 15 is 0 Å². The molecule has 1 unspecified atom stereocenters. The van der Waals surface area contributed by atoms with Gasteiger partial charge in [-0.25, -0.2) is 0 Å². The predicted octanol–water partition coefficient (Wildman–Crippen LogP) is 3.25. The first kappa shape index (κ1) is 6.86. The van der Waals surface area contributed by atoms with Crippen LogP contribution in [0.5, 0.6) is 0 Å². The average molecular weight is 217 g/mol. The van der Waals surface area contributed by atoms with Crippen molar-refractivity contribution in [3.8, 4) is 0 Å². The van der Waals surface area contributed by atoms with Crippen molar-refractivity contribution in [1.29, 1.82) is 0 Å². The van der Waals surface area contributed by atoms with E-state index in [1.807, 2.05) is 11.3 Å². The van der Waals surface area contributed by atoms with Crippen LogP contribution in [0.3, 0.4) is 0 Å². The largest absolute Gasteiger partial charge is 0.133 e. The van der Waals surface area contributed by atoms with E-state index in [9.17, 15) is 0 Å². The van der Waals surface area contributed by atoms with Crippen LogP contribution >= 0.6 is 27.3 Å². The maximum absolute atomic E-state index is 3.50. The van der Waals surface area contributed by atoms with Gasteiger partial charge in [0.05, 0.1) is 3.79 Å². The molecule has 1 aliphatic rings. The van der Waals surface area contributed by atoms with Gasteiger partial charge in [0.25, 0.3) is 0 Å². The van der Waals surface area contributed by atoms with Crippen LogP contribution in [0, 0.1) is 5.92 Å². The summed E-state index contributed by atoms with van der Waals surface area (Å²) >= 11 is 5.39. The number of hydrogen-bond acceptors (Lipinski definition) is 1. The minimum atomic E-state index is 0.884. The molecule has 0 amide bonds. The smallest absolute Gasteiger partial charge is 0.0704 e. The fourth-order valence-electron chi connectivity index (χ4n) is 1.54. The maximum atomic E-state index is 3.50. The molecule has 0 fully saturated rings. The zero-order chi connectivity index (χ0) is 7.14. The lowest BCUT2D eigenvalue weighted by Gasteiger charge is -1.95. The molecule has 10 heavy (non-hydrogen) atoms. The lowest BCUT2D eigenvalue weighted by molar-refractivity contribution is 0.629. The van der Waals surface area contributed by atoms with Crippen molar-refractivity contribution in [1.82, 2.24) is 0 Å². The van der Waals surface area contributed by atoms with Gasteiger partial charge in [0.1, 0.15) is 0 Å². The van der Waals surface area contributed by atoms with Crippen LogP contribution in [0.4, 0.5) is 0 Å². The molecule has 1 heterocycles. The Bertz CT molecular complexity index is 228. The molecule has 1 aliphatic carbocycles. The molecule has 1 aromatic rings. The van der Waals surface area contributed by atoms with E-state index in [1.165, 1.54) is 16.6 Å². The van der Waals surface area contributed by atoms with Crippen LogP contribution in [0.1, 0.15) is 17.4 Å². The molecule has 0 radical (unpaired) electrons. The Morgan fingerprint density at radius 2 is 2.40 bits per heavy atom. The molecule has 0 N–H and O–H groups in total. The van der Waals surface area contributed by atoms with Gasteiger partial charge in [-0.15, -0.1) is 11.3 Å². The Kier molecular flexibility index (Phi) is 1.61. The molecule has 1 aromatic heterocycles. The van der Waals surface area contributed by atoms with Crippen LogP contribution in [0.2, 0.25) is 0 Å². The number of halogens is 1. The lowest BCUT2D eigenvalue weighted by atomic mass is 10.1. The van der Waals surface area contributed by atoms with Crippen molar-refractivity contribution >= 4 is 27.3 Å². The summed E-state index contributed by atoms with van der Waals surface area (Å²) < 4.78 is 1.30. The quantitative estimate of drug-likeness (QED) is 0.625. The van der Waals surface area contributed by atoms with E-state index in [1.54, 1.807) is 10.4 Å². The summed E-state index contributed by atoms with van der Waals surface area (Å²) in [5, 5.41) is 0. The number of thiophene rings is 1. The van der Waals surface area contributed by atoms with Gasteiger partial charge in [0, 0.05) is 4.88 Å². The summed E-state index contributed by atoms with van der Waals surface area (Å²) in [6.45, 7) is 2.32. The Hall–Kier alpha value is 0.180. The number of hydrogen-bond donors (Lipinski definition) is 0. The second-order valence-corrected chi connectivity index (χ2v) is 5.53. The van der Waals surface area contributed by atoms with Gasteiger partial charge >= 0.3 is 0 Å². The normalized spacial score (nSPS) is 23.2. The van der Waals surface area contributed by atoms with Crippen LogP contribution in [-0.4, -0.2) is 0 Å². The van der Waals surface area contributed by atoms with Gasteiger partial charge in [0.2, 0.25) is 0 Å². The van der Waals surface area contributed by atoms with E-state index < -0.39 is 0 Å². The van der Waals surface area contributed by atoms with Crippen LogP contribution < -0.4 is 0 Å². The monoisotopic (exact) mass is 216 g/mol. The molecule has 0 aromatic carbocycles. The molecule has 0 saturated carbocycles. The molecule has 2 heteroatoms. The van der Waals surface area contributed by atoms with Gasteiger partial charge in [-0.3, -0.25) is 0 Å². The third kappa shape index (κ3) is 1.04. The third-order valence-electron chi connectivity index (χ3n) is 1.97. The van der Waals surface area contributed by atoms with Gasteiger partial charge in [-0.1, -0.05) is 6.92 Å². The SMILES string of the molecule is CC1Cc2cc(Br)sc2C1. The van der Waals surface area contributed by atoms with Crippen molar-refractivity contribution in [2.45, 2.75) is 19.8 Å². The fraction of sp³-hybridized carbons (Fsp3) is 0.500. The number of rotatable bonds is 0. The second kappa shape index (κ2) is 2.35. The van der Waals surface area contributed by atoms with Gasteiger partial charge in [-0.2, -0.15) is 0 Å². The van der Waals surface area contributed by atoms with E-state index in [-0.39, 0.29) is 0 Å². The topological polar surface area (TPSA) is 0 Å². The van der Waals surface area contributed by atoms with Crippen molar-refractivity contribution in [3.05, 3.63) is 20.3 Å². The molecule has 1 atom stereocenters. The summed E-state index contributed by atoms with van der Waals surface area (Å²) in [6, 6.07) is 2.27. The molecular weight excluding hydrogens is 208 g/mol. The van der Waals surface area contributed by atoms with Crippen LogP contribution in [-0.2, 0) is 12.8 Å². The van der Waals surface area contributed by atoms with Crippen molar-refractivity contribution in [3.63, 3.8) is 0 Å². The third-order valence-corrected chi connectivity index (χ3v) is 3.67. The molecule has 0 saturated heterocycles. The van der Waals surface area contributed by atoms with Crippen LogP contribution in [0.25, 0.3) is 0 Å². The first-order chi connectivity index (χ1) is 4.75. The first-order valence-corrected chi connectivity index (χ1v) is 5.14. The Labute approximate surface area is 73.4 Å². The molecular formula is C8H9BrS. The molecule has 0 aliphatic heterocycles. The molecule has 0 nitrogen and oxygen atoms in total. The summed E-state index contributed by atoms with van der Waals surface area (Å²) in [6.07, 6.45) is 2.59. The van der Waals surface area contributed by atoms with E-state index in [0.29, 0.717) is 0 Å². The highest BCUT2D eigenvalue weighted by molar-refractivity contribution is 9.11. The summed E-state index contributed by atoms with van der Waals surface area (Å²) in [5.41, 5.74) is 1.57. The number of fused-ring (bicyclic) bond motifs is 1. The van der Waals surface area contributed by atoms with E-state index in [0.717, 1.165) is 5.92 Å². The highest BCUT2D eigenvalue weighted by Gasteiger charge is 2.19. The predicted molar refractivity (Wildman–Crippen MR) is 48.6 cm³/mol. The van der Waals surface area contributed by atoms with Gasteiger partial charge in [0.15, 0.2) is 0 Å². The molecule has 0 bridgehead atoms. The summed E-state index contributed by atoms with van der Waals surface area (Å²) in [4.78, 5) is 1.60. The summed E-state index contributed by atoms with van der Waals surface area (Å²) in [5.74, 6) is 0.884. The lowest BCUT2D eigenvalue weighted by Crippen LogP contribution is -1.89. The Morgan fingerprint density at radius 3 is 3.10 bits per heavy atom. The van der Waals surface area contributed by atoms with E-state index in [4.69, 9.17) is 0 Å². The Balaban J connectivity index is 2.39. The van der Waals surface area contributed by atoms with E-state index in [2.05, 4.69) is 28.9 Å². The molecule has 0 spiro atoms. The maximum Gasteiger partial charge on any atom is 0.0704 e.